The van der Waals surface area contributed by atoms with E-state index in [1.807, 2.05) is 71.9 Å². The third kappa shape index (κ3) is 4.13. The van der Waals surface area contributed by atoms with Gasteiger partial charge in [0.15, 0.2) is 5.82 Å². The molecule has 3 heterocycles. The van der Waals surface area contributed by atoms with E-state index in [1.54, 1.807) is 11.8 Å². The van der Waals surface area contributed by atoms with Gasteiger partial charge in [-0.3, -0.25) is 9.59 Å². The van der Waals surface area contributed by atoms with E-state index in [0.717, 1.165) is 24.1 Å². The summed E-state index contributed by atoms with van der Waals surface area (Å²) in [7, 11) is 0. The first-order valence-corrected chi connectivity index (χ1v) is 10.8. The Morgan fingerprint density at radius 3 is 2.52 bits per heavy atom. The summed E-state index contributed by atoms with van der Waals surface area (Å²) < 4.78 is 8.93. The molecule has 1 aliphatic heterocycles. The smallest absolute Gasteiger partial charge is 0.310 e. The molecule has 162 valence electrons. The van der Waals surface area contributed by atoms with Crippen molar-refractivity contribution >= 4 is 11.9 Å². The van der Waals surface area contributed by atoms with Crippen molar-refractivity contribution in [3.8, 4) is 11.5 Å². The van der Waals surface area contributed by atoms with Gasteiger partial charge in [0.1, 0.15) is 5.56 Å². The van der Waals surface area contributed by atoms with Crippen molar-refractivity contribution in [2.45, 2.75) is 33.6 Å². The molecule has 1 saturated heterocycles. The molecule has 4 rings (SSSR count). The molecule has 0 radical (unpaired) electrons. The Labute approximate surface area is 182 Å². The summed E-state index contributed by atoms with van der Waals surface area (Å²) in [6.45, 7) is 7.04. The minimum absolute atomic E-state index is 0.103. The second-order valence-electron chi connectivity index (χ2n) is 7.96. The van der Waals surface area contributed by atoms with Crippen molar-refractivity contribution in [2.24, 2.45) is 5.92 Å². The molecular formula is C24H28N4O3. The normalized spacial score (nSPS) is 16.4. The van der Waals surface area contributed by atoms with E-state index in [4.69, 9.17) is 9.84 Å². The molecule has 1 aliphatic rings. The fourth-order valence-electron chi connectivity index (χ4n) is 4.12. The van der Waals surface area contributed by atoms with Crippen LogP contribution in [0.1, 0.15) is 41.4 Å². The van der Waals surface area contributed by atoms with Crippen LogP contribution in [0, 0.1) is 19.8 Å². The topological polar surface area (TPSA) is 69.4 Å². The monoisotopic (exact) mass is 420 g/mol. The molecule has 2 aromatic heterocycles. The molecular weight excluding hydrogens is 392 g/mol. The molecule has 0 N–H and O–H groups in total. The molecule has 1 amide bonds. The van der Waals surface area contributed by atoms with Crippen LogP contribution in [0.5, 0.6) is 0 Å². The summed E-state index contributed by atoms with van der Waals surface area (Å²) in [5.41, 5.74) is 3.26. The second-order valence-corrected chi connectivity index (χ2v) is 7.96. The number of piperidine rings is 1. The fourth-order valence-corrected chi connectivity index (χ4v) is 4.12. The van der Waals surface area contributed by atoms with Crippen molar-refractivity contribution < 1.29 is 14.3 Å². The molecule has 0 saturated carbocycles. The third-order valence-electron chi connectivity index (χ3n) is 5.71. The number of carbonyl (C=O) groups excluding carboxylic acids is 2. The summed E-state index contributed by atoms with van der Waals surface area (Å²) in [5, 5.41) is 4.72. The first-order valence-electron chi connectivity index (χ1n) is 10.8. The highest BCUT2D eigenvalue weighted by molar-refractivity contribution is 5.99. The first-order chi connectivity index (χ1) is 15.0. The van der Waals surface area contributed by atoms with Gasteiger partial charge < -0.3 is 14.2 Å². The second kappa shape index (κ2) is 8.79. The zero-order chi connectivity index (χ0) is 22.0. The molecule has 31 heavy (non-hydrogen) atoms. The van der Waals surface area contributed by atoms with Crippen molar-refractivity contribution in [1.82, 2.24) is 19.2 Å². The number of amides is 1. The van der Waals surface area contributed by atoms with E-state index in [-0.39, 0.29) is 17.8 Å². The number of benzene rings is 1. The van der Waals surface area contributed by atoms with Crippen LogP contribution in [-0.4, -0.2) is 50.8 Å². The van der Waals surface area contributed by atoms with Crippen LogP contribution < -0.4 is 0 Å². The predicted molar refractivity (Wildman–Crippen MR) is 118 cm³/mol. The Morgan fingerprint density at radius 2 is 1.84 bits per heavy atom. The lowest BCUT2D eigenvalue weighted by Gasteiger charge is -2.31. The third-order valence-corrected chi connectivity index (χ3v) is 5.71. The van der Waals surface area contributed by atoms with Crippen molar-refractivity contribution in [1.29, 1.82) is 0 Å². The van der Waals surface area contributed by atoms with Crippen LogP contribution in [0.15, 0.2) is 48.8 Å². The van der Waals surface area contributed by atoms with Crippen molar-refractivity contribution in [2.75, 3.05) is 19.7 Å². The SMILES string of the molecule is CCOC(=O)[C@H]1CCCN(C(=O)c2c(C)nn(-c3ccc(C)cc3)c2-n2cccc2)C1. The maximum Gasteiger partial charge on any atom is 0.310 e. The number of esters is 1. The molecule has 0 bridgehead atoms. The van der Waals surface area contributed by atoms with Gasteiger partial charge in [0.25, 0.3) is 5.91 Å². The quantitative estimate of drug-likeness (QED) is 0.590. The highest BCUT2D eigenvalue weighted by atomic mass is 16.5. The number of hydrogen-bond acceptors (Lipinski definition) is 4. The van der Waals surface area contributed by atoms with Crippen LogP contribution in [0.25, 0.3) is 11.5 Å². The van der Waals surface area contributed by atoms with Gasteiger partial charge >= 0.3 is 5.97 Å². The van der Waals surface area contributed by atoms with Crippen LogP contribution in [-0.2, 0) is 9.53 Å². The molecule has 0 unspecified atom stereocenters. The number of hydrogen-bond donors (Lipinski definition) is 0. The molecule has 1 aromatic carbocycles. The number of carbonyl (C=O) groups is 2. The summed E-state index contributed by atoms with van der Waals surface area (Å²) in [6.07, 6.45) is 5.35. The lowest BCUT2D eigenvalue weighted by atomic mass is 9.97. The molecule has 1 fully saturated rings. The van der Waals surface area contributed by atoms with Gasteiger partial charge in [0.05, 0.1) is 23.9 Å². The Kier molecular flexibility index (Phi) is 5.93. The maximum absolute atomic E-state index is 13.7. The molecule has 0 aliphatic carbocycles. The number of aromatic nitrogens is 3. The highest BCUT2D eigenvalue weighted by Crippen LogP contribution is 2.27. The Hall–Kier alpha value is -3.35. The summed E-state index contributed by atoms with van der Waals surface area (Å²) >= 11 is 0. The average molecular weight is 421 g/mol. The minimum atomic E-state index is -0.278. The minimum Gasteiger partial charge on any atom is -0.466 e. The van der Waals surface area contributed by atoms with Crippen LogP contribution >= 0.6 is 0 Å². The number of rotatable bonds is 5. The number of likely N-dealkylation sites (tertiary alicyclic amines) is 1. The zero-order valence-corrected chi connectivity index (χ0v) is 18.2. The predicted octanol–water partition coefficient (Wildman–Crippen LogP) is 3.70. The summed E-state index contributed by atoms with van der Waals surface area (Å²) in [5.74, 6) is 0.0982. The molecule has 7 nitrogen and oxygen atoms in total. The standard InChI is InChI=1S/C24H28N4O3/c1-4-31-24(30)19-8-7-15-27(16-19)23(29)21-18(3)25-28(20-11-9-17(2)10-12-20)22(21)26-13-5-6-14-26/h5-6,9-14,19H,4,7-8,15-16H2,1-3H3/t19-/m0/s1. The number of nitrogens with zero attached hydrogens (tertiary/aromatic N) is 4. The van der Waals surface area contributed by atoms with E-state index in [9.17, 15) is 9.59 Å². The molecule has 1 atom stereocenters. The molecule has 0 spiro atoms. The van der Waals surface area contributed by atoms with E-state index < -0.39 is 0 Å². The largest absolute Gasteiger partial charge is 0.466 e. The number of ether oxygens (including phenoxy) is 1. The summed E-state index contributed by atoms with van der Waals surface area (Å²) in [6, 6.07) is 11.9. The van der Waals surface area contributed by atoms with Gasteiger partial charge in [-0.25, -0.2) is 4.68 Å². The van der Waals surface area contributed by atoms with E-state index >= 15 is 0 Å². The van der Waals surface area contributed by atoms with E-state index in [2.05, 4.69) is 0 Å². The van der Waals surface area contributed by atoms with Gasteiger partial charge in [-0.05, 0) is 57.9 Å². The van der Waals surface area contributed by atoms with E-state index in [0.29, 0.717) is 36.8 Å². The Bertz CT molecular complexity index is 1070. The van der Waals surface area contributed by atoms with Gasteiger partial charge in [-0.1, -0.05) is 17.7 Å². The highest BCUT2D eigenvalue weighted by Gasteiger charge is 2.33. The van der Waals surface area contributed by atoms with Crippen LogP contribution in [0.4, 0.5) is 0 Å². The summed E-state index contributed by atoms with van der Waals surface area (Å²) in [4.78, 5) is 27.7. The Morgan fingerprint density at radius 1 is 1.13 bits per heavy atom. The van der Waals surface area contributed by atoms with Crippen LogP contribution in [0.3, 0.4) is 0 Å². The first kappa shape index (κ1) is 20.9. The van der Waals surface area contributed by atoms with Crippen molar-refractivity contribution in [3.63, 3.8) is 0 Å². The van der Waals surface area contributed by atoms with Gasteiger partial charge in [-0.15, -0.1) is 0 Å². The molecule has 3 aromatic rings. The maximum atomic E-state index is 13.7. The lowest BCUT2D eigenvalue weighted by molar-refractivity contribution is -0.149. The van der Waals surface area contributed by atoms with Gasteiger partial charge in [0, 0.05) is 25.5 Å². The fraction of sp³-hybridized carbons (Fsp3) is 0.375. The number of aryl methyl sites for hydroxylation is 2. The van der Waals surface area contributed by atoms with Crippen molar-refractivity contribution in [3.05, 3.63) is 65.6 Å². The Balaban J connectivity index is 1.73. The van der Waals surface area contributed by atoms with Gasteiger partial charge in [-0.2, -0.15) is 5.10 Å². The lowest BCUT2D eigenvalue weighted by Crippen LogP contribution is -2.43. The van der Waals surface area contributed by atoms with Gasteiger partial charge in [0.2, 0.25) is 0 Å². The van der Waals surface area contributed by atoms with Crippen LogP contribution in [0.2, 0.25) is 0 Å². The average Bonchev–Trinajstić information content (AvgIpc) is 3.42. The van der Waals surface area contributed by atoms with E-state index in [1.165, 1.54) is 0 Å². The molecule has 7 heteroatoms. The zero-order valence-electron chi connectivity index (χ0n) is 18.2.